The molecule has 5 nitrogen and oxygen atoms in total. The second kappa shape index (κ2) is 6.33. The molecule has 0 aliphatic carbocycles. The summed E-state index contributed by atoms with van der Waals surface area (Å²) in [5.41, 5.74) is 5.78. The molecule has 17 heavy (non-hydrogen) atoms. The number of hydrogen-bond acceptors (Lipinski definition) is 4. The Morgan fingerprint density at radius 3 is 2.53 bits per heavy atom. The van der Waals surface area contributed by atoms with Crippen LogP contribution in [-0.4, -0.2) is 68.2 Å². The van der Waals surface area contributed by atoms with E-state index >= 15 is 0 Å². The minimum absolute atomic E-state index is 0.0963. The van der Waals surface area contributed by atoms with Crippen LogP contribution < -0.4 is 5.73 Å². The maximum Gasteiger partial charge on any atom is 0.223 e. The van der Waals surface area contributed by atoms with E-state index in [0.29, 0.717) is 19.0 Å². The first kappa shape index (κ1) is 14.4. The van der Waals surface area contributed by atoms with Gasteiger partial charge in [0.15, 0.2) is 0 Å². The predicted octanol–water partition coefficient (Wildman–Crippen LogP) is -0.0988. The maximum absolute atomic E-state index is 11.7. The van der Waals surface area contributed by atoms with Crippen LogP contribution in [0, 0.1) is 0 Å². The molecule has 1 aliphatic rings. The topological polar surface area (TPSA) is 58.8 Å². The molecular weight excluding hydrogens is 218 g/mol. The highest BCUT2D eigenvalue weighted by molar-refractivity contribution is 5.76. The van der Waals surface area contributed by atoms with Gasteiger partial charge < -0.3 is 15.4 Å². The fraction of sp³-hybridized carbons (Fsp3) is 0.917. The molecule has 0 bridgehead atoms. The van der Waals surface area contributed by atoms with E-state index in [1.807, 2.05) is 7.05 Å². The molecule has 1 fully saturated rings. The molecule has 1 rings (SSSR count). The summed E-state index contributed by atoms with van der Waals surface area (Å²) in [5.74, 6) is 0.124. The quantitative estimate of drug-likeness (QED) is 0.732. The molecular formula is C12H25N3O2. The van der Waals surface area contributed by atoms with Gasteiger partial charge in [-0.25, -0.2) is 0 Å². The molecule has 0 aromatic heterocycles. The van der Waals surface area contributed by atoms with E-state index in [4.69, 9.17) is 10.5 Å². The van der Waals surface area contributed by atoms with E-state index in [2.05, 4.69) is 11.8 Å². The number of amides is 1. The first-order valence-electron chi connectivity index (χ1n) is 6.21. The summed E-state index contributed by atoms with van der Waals surface area (Å²) in [6, 6.07) is 0.470. The smallest absolute Gasteiger partial charge is 0.223 e. The average molecular weight is 243 g/mol. The summed E-state index contributed by atoms with van der Waals surface area (Å²) in [5, 5.41) is 0. The van der Waals surface area contributed by atoms with Gasteiger partial charge >= 0.3 is 0 Å². The summed E-state index contributed by atoms with van der Waals surface area (Å²) < 4.78 is 5.56. The van der Waals surface area contributed by atoms with Crippen molar-refractivity contribution in [2.45, 2.75) is 38.0 Å². The molecule has 0 saturated carbocycles. The fourth-order valence-electron chi connectivity index (χ4n) is 2.30. The molecule has 0 aromatic carbocycles. The lowest BCUT2D eigenvalue weighted by Crippen LogP contribution is -2.48. The second-order valence-electron chi connectivity index (χ2n) is 4.98. The number of likely N-dealkylation sites (N-methyl/N-ethyl adjacent to an activating group) is 1. The summed E-state index contributed by atoms with van der Waals surface area (Å²) >= 11 is 0. The van der Waals surface area contributed by atoms with E-state index in [1.165, 1.54) is 0 Å². The van der Waals surface area contributed by atoms with Crippen LogP contribution in [0.1, 0.15) is 19.8 Å². The molecule has 0 radical (unpaired) electrons. The van der Waals surface area contributed by atoms with Gasteiger partial charge in [0.2, 0.25) is 5.91 Å². The lowest BCUT2D eigenvalue weighted by atomic mass is 10.1. The van der Waals surface area contributed by atoms with Gasteiger partial charge in [-0.1, -0.05) is 0 Å². The average Bonchev–Trinajstić information content (AvgIpc) is 2.70. The van der Waals surface area contributed by atoms with Crippen LogP contribution in [0.4, 0.5) is 0 Å². The summed E-state index contributed by atoms with van der Waals surface area (Å²) in [6.45, 7) is 3.38. The monoisotopic (exact) mass is 243 g/mol. The van der Waals surface area contributed by atoms with Crippen molar-refractivity contribution in [2.75, 3.05) is 34.3 Å². The van der Waals surface area contributed by atoms with Crippen molar-refractivity contribution < 1.29 is 9.53 Å². The van der Waals surface area contributed by atoms with Crippen LogP contribution >= 0.6 is 0 Å². The van der Waals surface area contributed by atoms with Gasteiger partial charge in [0.25, 0.3) is 0 Å². The molecule has 1 amide bonds. The highest BCUT2D eigenvalue weighted by Gasteiger charge is 2.32. The molecule has 100 valence electrons. The van der Waals surface area contributed by atoms with E-state index in [9.17, 15) is 4.79 Å². The molecule has 3 atom stereocenters. The van der Waals surface area contributed by atoms with Crippen molar-refractivity contribution >= 4 is 5.91 Å². The van der Waals surface area contributed by atoms with E-state index in [0.717, 1.165) is 13.0 Å². The second-order valence-corrected chi connectivity index (χ2v) is 4.98. The SMILES string of the molecule is CC1OCCC1N(C)C(CN)CC(=O)N(C)C. The zero-order chi connectivity index (χ0) is 13.0. The predicted molar refractivity (Wildman–Crippen MR) is 67.7 cm³/mol. The zero-order valence-electron chi connectivity index (χ0n) is 11.3. The van der Waals surface area contributed by atoms with Gasteiger partial charge in [-0.05, 0) is 20.4 Å². The van der Waals surface area contributed by atoms with E-state index in [1.54, 1.807) is 19.0 Å². The molecule has 1 saturated heterocycles. The number of hydrogen-bond donors (Lipinski definition) is 1. The van der Waals surface area contributed by atoms with Crippen molar-refractivity contribution in [3.63, 3.8) is 0 Å². The third-order valence-electron chi connectivity index (χ3n) is 3.62. The molecule has 5 heteroatoms. The Hall–Kier alpha value is -0.650. The molecule has 0 spiro atoms. The van der Waals surface area contributed by atoms with Crippen molar-refractivity contribution in [3.05, 3.63) is 0 Å². The van der Waals surface area contributed by atoms with Crippen molar-refractivity contribution in [1.82, 2.24) is 9.80 Å². The summed E-state index contributed by atoms with van der Waals surface area (Å²) in [4.78, 5) is 15.5. The Morgan fingerprint density at radius 2 is 2.12 bits per heavy atom. The lowest BCUT2D eigenvalue weighted by molar-refractivity contribution is -0.130. The van der Waals surface area contributed by atoms with Crippen LogP contribution in [-0.2, 0) is 9.53 Å². The molecule has 2 N–H and O–H groups in total. The highest BCUT2D eigenvalue weighted by Crippen LogP contribution is 2.21. The highest BCUT2D eigenvalue weighted by atomic mass is 16.5. The maximum atomic E-state index is 11.7. The van der Waals surface area contributed by atoms with Crippen LogP contribution in [0.25, 0.3) is 0 Å². The largest absolute Gasteiger partial charge is 0.377 e. The van der Waals surface area contributed by atoms with Gasteiger partial charge in [-0.3, -0.25) is 9.69 Å². The molecule has 1 heterocycles. The summed E-state index contributed by atoms with van der Waals surface area (Å²) in [7, 11) is 5.59. The van der Waals surface area contributed by atoms with Gasteiger partial charge in [0.1, 0.15) is 0 Å². The van der Waals surface area contributed by atoms with Crippen molar-refractivity contribution in [2.24, 2.45) is 5.73 Å². The normalized spacial score (nSPS) is 26.2. The summed E-state index contributed by atoms with van der Waals surface area (Å²) in [6.07, 6.45) is 1.72. The molecule has 1 aliphatic heterocycles. The first-order valence-corrected chi connectivity index (χ1v) is 6.21. The Balaban J connectivity index is 2.57. The Bertz CT molecular complexity index is 258. The van der Waals surface area contributed by atoms with Crippen LogP contribution in [0.5, 0.6) is 0 Å². The molecule has 3 unspecified atom stereocenters. The van der Waals surface area contributed by atoms with Gasteiger partial charge in [0.05, 0.1) is 6.10 Å². The fourth-order valence-corrected chi connectivity index (χ4v) is 2.30. The zero-order valence-corrected chi connectivity index (χ0v) is 11.3. The van der Waals surface area contributed by atoms with Crippen LogP contribution in [0.3, 0.4) is 0 Å². The van der Waals surface area contributed by atoms with Crippen LogP contribution in [0.15, 0.2) is 0 Å². The van der Waals surface area contributed by atoms with E-state index < -0.39 is 0 Å². The number of ether oxygens (including phenoxy) is 1. The third kappa shape index (κ3) is 3.66. The van der Waals surface area contributed by atoms with Gasteiger partial charge in [0, 0.05) is 45.8 Å². The van der Waals surface area contributed by atoms with Crippen molar-refractivity contribution in [3.8, 4) is 0 Å². The first-order chi connectivity index (χ1) is 7.97. The lowest BCUT2D eigenvalue weighted by Gasteiger charge is -2.33. The van der Waals surface area contributed by atoms with Gasteiger partial charge in [-0.15, -0.1) is 0 Å². The standard InChI is InChI=1S/C12H25N3O2/c1-9-11(5-6-17-9)15(4)10(8-13)7-12(16)14(2)3/h9-11H,5-8,13H2,1-4H3. The van der Waals surface area contributed by atoms with Gasteiger partial charge in [-0.2, -0.15) is 0 Å². The number of carbonyl (C=O) groups excluding carboxylic acids is 1. The number of nitrogens with zero attached hydrogens (tertiary/aromatic N) is 2. The van der Waals surface area contributed by atoms with Crippen molar-refractivity contribution in [1.29, 1.82) is 0 Å². The minimum Gasteiger partial charge on any atom is -0.377 e. The minimum atomic E-state index is 0.0963. The Morgan fingerprint density at radius 1 is 1.47 bits per heavy atom. The number of rotatable bonds is 5. The number of nitrogens with two attached hydrogens (primary N) is 1. The number of carbonyl (C=O) groups is 1. The Kier molecular flexibility index (Phi) is 5.36. The van der Waals surface area contributed by atoms with E-state index in [-0.39, 0.29) is 18.1 Å². The third-order valence-corrected chi connectivity index (χ3v) is 3.62. The Labute approximate surface area is 104 Å². The molecule has 0 aromatic rings. The van der Waals surface area contributed by atoms with Crippen LogP contribution in [0.2, 0.25) is 0 Å².